The van der Waals surface area contributed by atoms with Crippen LogP contribution < -0.4 is 0 Å². The van der Waals surface area contributed by atoms with Crippen LogP contribution in [0.1, 0.15) is 11.3 Å². The lowest BCUT2D eigenvalue weighted by atomic mass is 10.3. The van der Waals surface area contributed by atoms with Gasteiger partial charge in [-0.15, -0.1) is 22.0 Å². The molecule has 6 nitrogen and oxygen atoms in total. The van der Waals surface area contributed by atoms with Crippen molar-refractivity contribution in [2.75, 3.05) is 6.26 Å². The van der Waals surface area contributed by atoms with E-state index < -0.39 is 5.97 Å². The van der Waals surface area contributed by atoms with Gasteiger partial charge in [0.25, 0.3) is 0 Å². The summed E-state index contributed by atoms with van der Waals surface area (Å²) >= 11 is 1.63. The molecule has 0 unspecified atom stereocenters. The van der Waals surface area contributed by atoms with Crippen molar-refractivity contribution in [1.29, 1.82) is 0 Å². The minimum Gasteiger partial charge on any atom is -0.481 e. The van der Waals surface area contributed by atoms with Gasteiger partial charge in [-0.3, -0.25) is 9.20 Å². The quantitative estimate of drug-likeness (QED) is 0.551. The Balaban J connectivity index is 2.05. The van der Waals surface area contributed by atoms with E-state index in [2.05, 4.69) is 15.2 Å². The summed E-state index contributed by atoms with van der Waals surface area (Å²) in [5.41, 5.74) is 2.83. The summed E-state index contributed by atoms with van der Waals surface area (Å²) < 4.78 is 1.76. The van der Waals surface area contributed by atoms with Crippen LogP contribution in [0.5, 0.6) is 0 Å². The molecule has 0 fully saturated rings. The van der Waals surface area contributed by atoms with Gasteiger partial charge in [-0.1, -0.05) is 6.07 Å². The molecule has 0 spiro atoms. The molecule has 0 aliphatic heterocycles. The molecule has 0 radical (unpaired) electrons. The predicted molar refractivity (Wildman–Crippen MR) is 93.7 cm³/mol. The van der Waals surface area contributed by atoms with Crippen LogP contribution >= 0.6 is 11.8 Å². The number of azo groups is 1. The van der Waals surface area contributed by atoms with Crippen LogP contribution in [0.4, 0.5) is 11.5 Å². The molecule has 24 heavy (non-hydrogen) atoms. The number of thioether (sulfide) groups is 1. The van der Waals surface area contributed by atoms with Crippen molar-refractivity contribution in [3.05, 3.63) is 53.9 Å². The highest BCUT2D eigenvalue weighted by atomic mass is 32.2. The third kappa shape index (κ3) is 3.46. The Morgan fingerprint density at radius 3 is 2.88 bits per heavy atom. The molecule has 0 bridgehead atoms. The number of carbonyl (C=O) groups is 1. The first-order valence-corrected chi connectivity index (χ1v) is 8.54. The Kier molecular flexibility index (Phi) is 4.61. The van der Waals surface area contributed by atoms with E-state index in [1.54, 1.807) is 16.2 Å². The molecular weight excluding hydrogens is 324 g/mol. The average Bonchev–Trinajstić information content (AvgIpc) is 2.88. The maximum atomic E-state index is 11.1. The van der Waals surface area contributed by atoms with Gasteiger partial charge in [0.2, 0.25) is 0 Å². The average molecular weight is 340 g/mol. The number of nitrogens with zero attached hydrogens (tertiary/aromatic N) is 4. The molecule has 0 aliphatic rings. The maximum absolute atomic E-state index is 11.1. The normalized spacial score (nSPS) is 11.4. The second-order valence-corrected chi connectivity index (χ2v) is 6.17. The number of aliphatic carboxylic acids is 1. The molecule has 1 aromatic carbocycles. The Morgan fingerprint density at radius 2 is 2.12 bits per heavy atom. The van der Waals surface area contributed by atoms with Crippen molar-refractivity contribution in [3.8, 4) is 0 Å². The number of carboxylic acid groups (broad SMARTS) is 1. The number of aryl methyl sites for hydroxylation is 1. The third-order valence-corrected chi connectivity index (χ3v) is 4.18. The van der Waals surface area contributed by atoms with Gasteiger partial charge in [0.15, 0.2) is 5.82 Å². The molecule has 2 heterocycles. The second kappa shape index (κ2) is 6.84. The zero-order chi connectivity index (χ0) is 17.1. The van der Waals surface area contributed by atoms with Crippen LogP contribution in [0.15, 0.2) is 57.7 Å². The molecule has 0 amide bonds. The smallest absolute Gasteiger partial charge is 0.309 e. The van der Waals surface area contributed by atoms with Gasteiger partial charge in [-0.2, -0.15) is 0 Å². The van der Waals surface area contributed by atoms with E-state index in [0.29, 0.717) is 22.8 Å². The van der Waals surface area contributed by atoms with E-state index >= 15 is 0 Å². The lowest BCUT2D eigenvalue weighted by Crippen LogP contribution is -2.00. The van der Waals surface area contributed by atoms with E-state index in [1.807, 2.05) is 55.8 Å². The number of fused-ring (bicyclic) bond motifs is 1. The minimum absolute atomic E-state index is 0.195. The van der Waals surface area contributed by atoms with Gasteiger partial charge in [0, 0.05) is 11.1 Å². The van der Waals surface area contributed by atoms with E-state index in [1.165, 1.54) is 0 Å². The van der Waals surface area contributed by atoms with Gasteiger partial charge in [-0.05, 0) is 49.1 Å². The van der Waals surface area contributed by atoms with Gasteiger partial charge in [-0.25, -0.2) is 4.98 Å². The lowest BCUT2D eigenvalue weighted by molar-refractivity contribution is -0.136. The van der Waals surface area contributed by atoms with Crippen molar-refractivity contribution in [3.63, 3.8) is 0 Å². The first-order chi connectivity index (χ1) is 11.6. The molecule has 0 saturated carbocycles. The maximum Gasteiger partial charge on any atom is 0.309 e. The minimum atomic E-state index is -0.948. The van der Waals surface area contributed by atoms with Crippen LogP contribution in [0, 0.1) is 6.92 Å². The van der Waals surface area contributed by atoms with Crippen molar-refractivity contribution in [2.24, 2.45) is 10.2 Å². The number of pyridine rings is 1. The van der Waals surface area contributed by atoms with Crippen LogP contribution in [0.25, 0.3) is 5.65 Å². The molecular formula is C17H16N4O2S. The summed E-state index contributed by atoms with van der Waals surface area (Å²) in [7, 11) is 0. The van der Waals surface area contributed by atoms with Gasteiger partial charge < -0.3 is 5.11 Å². The van der Waals surface area contributed by atoms with Crippen molar-refractivity contribution >= 4 is 34.9 Å². The van der Waals surface area contributed by atoms with Gasteiger partial charge >= 0.3 is 5.97 Å². The Labute approximate surface area is 143 Å². The summed E-state index contributed by atoms with van der Waals surface area (Å²) in [5, 5.41) is 17.6. The highest BCUT2D eigenvalue weighted by molar-refractivity contribution is 7.98. The molecule has 122 valence electrons. The van der Waals surface area contributed by atoms with Crippen molar-refractivity contribution < 1.29 is 9.90 Å². The van der Waals surface area contributed by atoms with Gasteiger partial charge in [0.1, 0.15) is 5.65 Å². The fraction of sp³-hybridized carbons (Fsp3) is 0.176. The number of rotatable bonds is 5. The first-order valence-electron chi connectivity index (χ1n) is 7.32. The predicted octanol–water partition coefficient (Wildman–Crippen LogP) is 4.41. The first kappa shape index (κ1) is 16.2. The standard InChI is InChI=1S/C17H16N4O2S/c1-11-6-7-21-15(8-11)18-14(10-16(22)23)17(21)20-19-12-4-3-5-13(9-12)24-2/h3-9H,10H2,1-2H3,(H,22,23). The van der Waals surface area contributed by atoms with E-state index in [0.717, 1.165) is 10.5 Å². The fourth-order valence-electron chi connectivity index (χ4n) is 2.33. The summed E-state index contributed by atoms with van der Waals surface area (Å²) in [4.78, 5) is 16.6. The topological polar surface area (TPSA) is 79.3 Å². The fourth-order valence-corrected chi connectivity index (χ4v) is 2.78. The van der Waals surface area contributed by atoms with Crippen molar-refractivity contribution in [1.82, 2.24) is 9.38 Å². The molecule has 0 saturated heterocycles. The summed E-state index contributed by atoms with van der Waals surface area (Å²) in [6.07, 6.45) is 3.63. The largest absolute Gasteiger partial charge is 0.481 e. The SMILES string of the molecule is CSc1cccc(N=Nc2c(CC(=O)O)nc3cc(C)ccn23)c1. The molecule has 3 rings (SSSR count). The van der Waals surface area contributed by atoms with Crippen LogP contribution in [-0.2, 0) is 11.2 Å². The number of aromatic nitrogens is 2. The van der Waals surface area contributed by atoms with Crippen LogP contribution in [-0.4, -0.2) is 26.7 Å². The Morgan fingerprint density at radius 1 is 1.29 bits per heavy atom. The number of hydrogen-bond acceptors (Lipinski definition) is 5. The summed E-state index contributed by atoms with van der Waals surface area (Å²) in [6, 6.07) is 11.5. The number of hydrogen-bond donors (Lipinski definition) is 1. The lowest BCUT2D eigenvalue weighted by Gasteiger charge is -1.99. The number of benzene rings is 1. The van der Waals surface area contributed by atoms with Crippen LogP contribution in [0.3, 0.4) is 0 Å². The Bertz CT molecular complexity index is 933. The summed E-state index contributed by atoms with van der Waals surface area (Å²) in [6.45, 7) is 1.96. The molecule has 1 N–H and O–H groups in total. The molecule has 0 atom stereocenters. The Hall–Kier alpha value is -2.67. The zero-order valence-electron chi connectivity index (χ0n) is 13.3. The van der Waals surface area contributed by atoms with Gasteiger partial charge in [0.05, 0.1) is 17.8 Å². The number of carboxylic acids is 1. The highest BCUT2D eigenvalue weighted by Crippen LogP contribution is 2.27. The molecule has 7 heteroatoms. The zero-order valence-corrected chi connectivity index (χ0v) is 14.1. The second-order valence-electron chi connectivity index (χ2n) is 5.29. The third-order valence-electron chi connectivity index (χ3n) is 3.46. The summed E-state index contributed by atoms with van der Waals surface area (Å²) in [5.74, 6) is -0.502. The van der Waals surface area contributed by atoms with E-state index in [4.69, 9.17) is 5.11 Å². The highest BCUT2D eigenvalue weighted by Gasteiger charge is 2.15. The molecule has 0 aliphatic carbocycles. The number of imidazole rings is 1. The van der Waals surface area contributed by atoms with Crippen molar-refractivity contribution in [2.45, 2.75) is 18.2 Å². The molecule has 3 aromatic rings. The monoisotopic (exact) mass is 340 g/mol. The van der Waals surface area contributed by atoms with E-state index in [-0.39, 0.29) is 6.42 Å². The van der Waals surface area contributed by atoms with E-state index in [9.17, 15) is 4.79 Å². The molecule has 2 aromatic heterocycles. The van der Waals surface area contributed by atoms with Crippen LogP contribution in [0.2, 0.25) is 0 Å².